The normalized spacial score (nSPS) is 18.8. The largest absolute Gasteiger partial charge is 0.350 e. The Bertz CT molecular complexity index is 521. The van der Waals surface area contributed by atoms with Crippen LogP contribution in [0.1, 0.15) is 36.1 Å². The van der Waals surface area contributed by atoms with Crippen LogP contribution < -0.4 is 0 Å². The maximum absolute atomic E-state index is 9.28. The van der Waals surface area contributed by atoms with Gasteiger partial charge in [0.25, 0.3) is 0 Å². The van der Waals surface area contributed by atoms with Crippen LogP contribution in [0.15, 0.2) is 11.1 Å². The summed E-state index contributed by atoms with van der Waals surface area (Å²) in [4.78, 5) is 4.71. The van der Waals surface area contributed by atoms with Crippen molar-refractivity contribution < 1.29 is 9.47 Å². The highest BCUT2D eigenvalue weighted by Gasteiger charge is 2.18. The van der Waals surface area contributed by atoms with Gasteiger partial charge in [0, 0.05) is 17.9 Å². The number of thioether (sulfide) groups is 1. The maximum atomic E-state index is 9.28. The second kappa shape index (κ2) is 6.57. The molecular formula is C15H18N2O2S. The molecule has 1 fully saturated rings. The molecule has 0 radical (unpaired) electrons. The van der Waals surface area contributed by atoms with Crippen molar-refractivity contribution in [1.82, 2.24) is 4.98 Å². The molecule has 1 aromatic heterocycles. The van der Waals surface area contributed by atoms with Crippen molar-refractivity contribution in [3.63, 3.8) is 0 Å². The molecule has 0 atom stereocenters. The van der Waals surface area contributed by atoms with E-state index < -0.39 is 0 Å². The zero-order chi connectivity index (χ0) is 13.8. The standard InChI is InChI=1S/C15H18N2O2S/c16-10-12-9-11-3-1-2-4-13(11)17-15(12)20-8-5-14-18-6-7-19-14/h9,14H,1-8H2. The predicted molar refractivity (Wildman–Crippen MR) is 76.6 cm³/mol. The van der Waals surface area contributed by atoms with E-state index in [0.29, 0.717) is 18.8 Å². The third-order valence-electron chi connectivity index (χ3n) is 3.67. The Labute approximate surface area is 123 Å². The quantitative estimate of drug-likeness (QED) is 0.798. The average Bonchev–Trinajstić information content (AvgIpc) is 3.00. The van der Waals surface area contributed by atoms with Gasteiger partial charge in [-0.3, -0.25) is 0 Å². The number of nitrogens with zero attached hydrogens (tertiary/aromatic N) is 2. The van der Waals surface area contributed by atoms with E-state index in [0.717, 1.165) is 30.0 Å². The van der Waals surface area contributed by atoms with Crippen LogP contribution in [0.25, 0.3) is 0 Å². The number of nitriles is 1. The van der Waals surface area contributed by atoms with Crippen molar-refractivity contribution in [2.75, 3.05) is 19.0 Å². The molecule has 0 unspecified atom stereocenters. The summed E-state index contributed by atoms with van der Waals surface area (Å²) in [5.41, 5.74) is 3.16. The summed E-state index contributed by atoms with van der Waals surface area (Å²) in [6.07, 6.45) is 5.29. The molecule has 20 heavy (non-hydrogen) atoms. The molecule has 2 aliphatic rings. The molecule has 106 valence electrons. The Hall–Kier alpha value is -1.09. The first-order chi connectivity index (χ1) is 9.86. The van der Waals surface area contributed by atoms with E-state index in [1.165, 1.54) is 24.1 Å². The number of rotatable bonds is 4. The van der Waals surface area contributed by atoms with E-state index in [9.17, 15) is 5.26 Å². The second-order valence-electron chi connectivity index (χ2n) is 5.07. The molecule has 0 saturated carbocycles. The smallest absolute Gasteiger partial charge is 0.158 e. The minimum Gasteiger partial charge on any atom is -0.350 e. The first-order valence-corrected chi connectivity index (χ1v) is 8.14. The molecule has 5 heteroatoms. The van der Waals surface area contributed by atoms with Gasteiger partial charge < -0.3 is 9.47 Å². The Balaban J connectivity index is 1.66. The van der Waals surface area contributed by atoms with Crippen molar-refractivity contribution in [3.05, 3.63) is 22.9 Å². The lowest BCUT2D eigenvalue weighted by molar-refractivity contribution is -0.0421. The van der Waals surface area contributed by atoms with Crippen molar-refractivity contribution in [1.29, 1.82) is 5.26 Å². The number of hydrogen-bond donors (Lipinski definition) is 0. The van der Waals surface area contributed by atoms with Gasteiger partial charge in [-0.1, -0.05) is 0 Å². The van der Waals surface area contributed by atoms with Gasteiger partial charge in [-0.15, -0.1) is 11.8 Å². The Kier molecular flexibility index (Phi) is 4.56. The Morgan fingerprint density at radius 3 is 2.90 bits per heavy atom. The van der Waals surface area contributed by atoms with Crippen molar-refractivity contribution >= 4 is 11.8 Å². The highest BCUT2D eigenvalue weighted by Crippen LogP contribution is 2.28. The van der Waals surface area contributed by atoms with E-state index in [4.69, 9.17) is 14.5 Å². The van der Waals surface area contributed by atoms with Gasteiger partial charge in [-0.05, 0) is 37.3 Å². The van der Waals surface area contributed by atoms with Crippen LogP contribution in [0.5, 0.6) is 0 Å². The Morgan fingerprint density at radius 2 is 2.10 bits per heavy atom. The fraction of sp³-hybridized carbons (Fsp3) is 0.600. The van der Waals surface area contributed by atoms with E-state index in [-0.39, 0.29) is 6.29 Å². The molecular weight excluding hydrogens is 272 g/mol. The lowest BCUT2D eigenvalue weighted by Gasteiger charge is -2.16. The van der Waals surface area contributed by atoms with Gasteiger partial charge in [-0.2, -0.15) is 5.26 Å². The number of hydrogen-bond acceptors (Lipinski definition) is 5. The zero-order valence-electron chi connectivity index (χ0n) is 11.4. The lowest BCUT2D eigenvalue weighted by atomic mass is 9.95. The third kappa shape index (κ3) is 3.14. The summed E-state index contributed by atoms with van der Waals surface area (Å²) < 4.78 is 10.8. The molecule has 2 heterocycles. The summed E-state index contributed by atoms with van der Waals surface area (Å²) in [5.74, 6) is 0.866. The SMILES string of the molecule is N#Cc1cc2c(nc1SCCC1OCCO1)CCCC2. The van der Waals surface area contributed by atoms with Crippen LogP contribution in [0.3, 0.4) is 0 Å². The molecule has 0 N–H and O–H groups in total. The van der Waals surface area contributed by atoms with Crippen LogP contribution >= 0.6 is 11.8 Å². The van der Waals surface area contributed by atoms with Crippen LogP contribution in [0, 0.1) is 11.3 Å². The monoisotopic (exact) mass is 290 g/mol. The first kappa shape index (κ1) is 13.9. The van der Waals surface area contributed by atoms with Crippen LogP contribution in [-0.4, -0.2) is 30.2 Å². The molecule has 1 aliphatic heterocycles. The fourth-order valence-corrected chi connectivity index (χ4v) is 3.57. The first-order valence-electron chi connectivity index (χ1n) is 7.16. The molecule has 0 aromatic carbocycles. The van der Waals surface area contributed by atoms with E-state index in [1.54, 1.807) is 11.8 Å². The fourth-order valence-electron chi connectivity index (χ4n) is 2.63. The maximum Gasteiger partial charge on any atom is 0.158 e. The molecule has 1 aromatic rings. The highest BCUT2D eigenvalue weighted by molar-refractivity contribution is 7.99. The number of ether oxygens (including phenoxy) is 2. The van der Waals surface area contributed by atoms with Crippen molar-refractivity contribution in [2.24, 2.45) is 0 Å². The Morgan fingerprint density at radius 1 is 1.30 bits per heavy atom. The van der Waals surface area contributed by atoms with Gasteiger partial charge in [-0.25, -0.2) is 4.98 Å². The zero-order valence-corrected chi connectivity index (χ0v) is 12.2. The van der Waals surface area contributed by atoms with Crippen LogP contribution in [0.4, 0.5) is 0 Å². The van der Waals surface area contributed by atoms with Gasteiger partial charge in [0.05, 0.1) is 18.8 Å². The van der Waals surface area contributed by atoms with Crippen LogP contribution in [-0.2, 0) is 22.3 Å². The number of aryl methyl sites for hydroxylation is 2. The van der Waals surface area contributed by atoms with Gasteiger partial charge in [0.1, 0.15) is 11.1 Å². The van der Waals surface area contributed by atoms with Gasteiger partial charge in [0.2, 0.25) is 0 Å². The summed E-state index contributed by atoms with van der Waals surface area (Å²) >= 11 is 1.64. The average molecular weight is 290 g/mol. The molecule has 4 nitrogen and oxygen atoms in total. The molecule has 1 aliphatic carbocycles. The lowest BCUT2D eigenvalue weighted by Crippen LogP contribution is -2.09. The number of fused-ring (bicyclic) bond motifs is 1. The molecule has 0 spiro atoms. The van der Waals surface area contributed by atoms with E-state index >= 15 is 0 Å². The van der Waals surface area contributed by atoms with E-state index in [2.05, 4.69) is 6.07 Å². The van der Waals surface area contributed by atoms with Crippen LogP contribution in [0.2, 0.25) is 0 Å². The van der Waals surface area contributed by atoms with Crippen molar-refractivity contribution in [3.8, 4) is 6.07 Å². The molecule has 1 saturated heterocycles. The summed E-state index contributed by atoms with van der Waals surface area (Å²) in [5, 5.41) is 10.1. The van der Waals surface area contributed by atoms with Gasteiger partial charge in [0.15, 0.2) is 6.29 Å². The topological polar surface area (TPSA) is 55.1 Å². The molecule has 0 amide bonds. The molecule has 0 bridgehead atoms. The summed E-state index contributed by atoms with van der Waals surface area (Å²) in [6.45, 7) is 1.38. The third-order valence-corrected chi connectivity index (χ3v) is 4.69. The minimum atomic E-state index is -0.0781. The number of pyridine rings is 1. The predicted octanol–water partition coefficient (Wildman–Crippen LogP) is 2.69. The number of aromatic nitrogens is 1. The minimum absolute atomic E-state index is 0.0781. The summed E-state index contributed by atoms with van der Waals surface area (Å²) in [6, 6.07) is 4.31. The van der Waals surface area contributed by atoms with Crippen molar-refractivity contribution in [2.45, 2.75) is 43.4 Å². The highest BCUT2D eigenvalue weighted by atomic mass is 32.2. The summed E-state index contributed by atoms with van der Waals surface area (Å²) in [7, 11) is 0. The van der Waals surface area contributed by atoms with Gasteiger partial charge >= 0.3 is 0 Å². The molecule has 3 rings (SSSR count). The van der Waals surface area contributed by atoms with E-state index in [1.807, 2.05) is 6.07 Å². The second-order valence-corrected chi connectivity index (χ2v) is 6.16.